The van der Waals surface area contributed by atoms with Gasteiger partial charge in [-0.25, -0.2) is 0 Å². The smallest absolute Gasteiger partial charge is 0.359 e. The number of piperazine rings is 1. The Morgan fingerprint density at radius 2 is 1.74 bits per heavy atom. The Morgan fingerprint density at radius 3 is 2.33 bits per heavy atom. The van der Waals surface area contributed by atoms with Crippen LogP contribution in [0.3, 0.4) is 0 Å². The van der Waals surface area contributed by atoms with E-state index in [2.05, 4.69) is 17.3 Å². The van der Waals surface area contributed by atoms with Gasteiger partial charge in [-0.05, 0) is 42.5 Å². The van der Waals surface area contributed by atoms with E-state index in [0.29, 0.717) is 10.7 Å². The Labute approximate surface area is 160 Å². The topological polar surface area (TPSA) is 36.8 Å². The van der Waals surface area contributed by atoms with E-state index >= 15 is 0 Å². The van der Waals surface area contributed by atoms with Crippen molar-refractivity contribution in [3.8, 4) is 0 Å². The lowest BCUT2D eigenvalue weighted by Gasteiger charge is -2.33. The van der Waals surface area contributed by atoms with Crippen molar-refractivity contribution in [1.82, 2.24) is 0 Å². The van der Waals surface area contributed by atoms with Crippen molar-refractivity contribution in [3.63, 3.8) is 0 Å². The van der Waals surface area contributed by atoms with Gasteiger partial charge in [0.2, 0.25) is 0 Å². The van der Waals surface area contributed by atoms with E-state index in [-0.39, 0.29) is 5.56 Å². The van der Waals surface area contributed by atoms with Crippen molar-refractivity contribution in [3.05, 3.63) is 58.6 Å². The average Bonchev–Trinajstić information content (AvgIpc) is 2.62. The van der Waals surface area contributed by atoms with E-state index in [1.54, 1.807) is 12.1 Å². The number of rotatable bonds is 3. The number of alkyl halides is 3. The van der Waals surface area contributed by atoms with E-state index in [1.807, 2.05) is 6.07 Å². The third kappa shape index (κ3) is 4.73. The number of nitrogens with zero attached hydrogens (tertiary/aromatic N) is 1. The summed E-state index contributed by atoms with van der Waals surface area (Å²) < 4.78 is 38.0. The first kappa shape index (κ1) is 19.5. The quantitative estimate of drug-likeness (QED) is 0.834. The van der Waals surface area contributed by atoms with Crippen LogP contribution in [0.4, 0.5) is 24.5 Å². The number of carbonyl (C=O) groups is 1. The highest BCUT2D eigenvalue weighted by molar-refractivity contribution is 6.31. The Hall–Kier alpha value is -2.25. The monoisotopic (exact) mass is 398 g/mol. The maximum atomic E-state index is 12.7. The molecule has 8 heteroatoms. The molecule has 2 aromatic rings. The minimum atomic E-state index is -4.43. The molecule has 0 atom stereocenters. The second-order valence-electron chi connectivity index (χ2n) is 6.63. The number of carbonyl (C=O) groups excluding carboxylic acids is 1. The fourth-order valence-corrected chi connectivity index (χ4v) is 3.19. The molecular weight excluding hydrogens is 379 g/mol. The summed E-state index contributed by atoms with van der Waals surface area (Å²) in [6, 6.07) is 9.41. The van der Waals surface area contributed by atoms with Gasteiger partial charge in [0.25, 0.3) is 5.91 Å². The van der Waals surface area contributed by atoms with Gasteiger partial charge >= 0.3 is 6.18 Å². The molecule has 0 unspecified atom stereocenters. The van der Waals surface area contributed by atoms with E-state index in [9.17, 15) is 18.0 Å². The first-order valence-electron chi connectivity index (χ1n) is 8.58. The van der Waals surface area contributed by atoms with Gasteiger partial charge in [0.15, 0.2) is 0 Å². The number of hydrogen-bond donors (Lipinski definition) is 2. The van der Waals surface area contributed by atoms with Gasteiger partial charge in [-0.2, -0.15) is 13.2 Å². The highest BCUT2D eigenvalue weighted by Crippen LogP contribution is 2.31. The lowest BCUT2D eigenvalue weighted by atomic mass is 10.1. The maximum Gasteiger partial charge on any atom is 0.416 e. The Balaban J connectivity index is 1.80. The molecule has 27 heavy (non-hydrogen) atoms. The van der Waals surface area contributed by atoms with Crippen molar-refractivity contribution < 1.29 is 22.9 Å². The molecule has 4 nitrogen and oxygen atoms in total. The number of nitrogens with one attached hydrogen (secondary N) is 2. The zero-order valence-corrected chi connectivity index (χ0v) is 15.5. The van der Waals surface area contributed by atoms with Gasteiger partial charge < -0.3 is 15.1 Å². The molecule has 0 spiro atoms. The zero-order valence-electron chi connectivity index (χ0n) is 14.7. The summed E-state index contributed by atoms with van der Waals surface area (Å²) in [5, 5.41) is 3.25. The standard InChI is InChI=1S/C19H19ClF3N3O/c1-25-8-10-26(11-9-25)17-7-6-15(20)12-16(17)24-18(27)13-2-4-14(5-3-13)19(21,22)23/h2-7,12H,8-11H2,1H3,(H,24,27)/p+1. The number of amides is 1. The summed E-state index contributed by atoms with van der Waals surface area (Å²) in [6.07, 6.45) is -4.43. The fraction of sp³-hybridized carbons (Fsp3) is 0.316. The van der Waals surface area contributed by atoms with Gasteiger partial charge in [0, 0.05) is 10.6 Å². The minimum absolute atomic E-state index is 0.150. The van der Waals surface area contributed by atoms with Crippen LogP contribution in [0.25, 0.3) is 0 Å². The molecule has 0 bridgehead atoms. The van der Waals surface area contributed by atoms with E-state index < -0.39 is 17.6 Å². The Kier molecular flexibility index (Phi) is 5.62. The summed E-state index contributed by atoms with van der Waals surface area (Å²) in [4.78, 5) is 16.1. The van der Waals surface area contributed by atoms with E-state index in [1.165, 1.54) is 17.0 Å². The van der Waals surface area contributed by atoms with Crippen molar-refractivity contribution >= 4 is 28.9 Å². The van der Waals surface area contributed by atoms with Crippen molar-refractivity contribution in [2.24, 2.45) is 0 Å². The molecule has 0 aliphatic carbocycles. The Bertz CT molecular complexity index is 816. The largest absolute Gasteiger partial charge is 0.416 e. The predicted octanol–water partition coefficient (Wildman–Crippen LogP) is 2.95. The van der Waals surface area contributed by atoms with Crippen LogP contribution in [0, 0.1) is 0 Å². The lowest BCUT2D eigenvalue weighted by Crippen LogP contribution is -3.12. The maximum absolute atomic E-state index is 12.7. The predicted molar refractivity (Wildman–Crippen MR) is 99.7 cm³/mol. The van der Waals surface area contributed by atoms with Crippen molar-refractivity contribution in [1.29, 1.82) is 0 Å². The normalized spacial score (nSPS) is 15.7. The minimum Gasteiger partial charge on any atom is -0.359 e. The molecule has 2 N–H and O–H groups in total. The summed E-state index contributed by atoms with van der Waals surface area (Å²) in [5.74, 6) is -0.480. The first-order chi connectivity index (χ1) is 12.7. The van der Waals surface area contributed by atoms with Gasteiger partial charge in [-0.1, -0.05) is 11.6 Å². The molecule has 1 aliphatic heterocycles. The molecule has 1 fully saturated rings. The zero-order chi connectivity index (χ0) is 19.6. The number of benzene rings is 2. The van der Waals surface area contributed by atoms with Gasteiger partial charge in [0.1, 0.15) is 0 Å². The van der Waals surface area contributed by atoms with E-state index in [0.717, 1.165) is 44.0 Å². The van der Waals surface area contributed by atoms with Crippen LogP contribution in [0.15, 0.2) is 42.5 Å². The molecular formula is C19H20ClF3N3O+. The summed E-state index contributed by atoms with van der Waals surface area (Å²) in [6.45, 7) is 3.65. The third-order valence-corrected chi connectivity index (χ3v) is 4.87. The first-order valence-corrected chi connectivity index (χ1v) is 8.96. The van der Waals surface area contributed by atoms with Crippen LogP contribution >= 0.6 is 11.6 Å². The summed E-state index contributed by atoms with van der Waals surface area (Å²) >= 11 is 6.08. The summed E-state index contributed by atoms with van der Waals surface area (Å²) in [7, 11) is 2.13. The molecule has 0 radical (unpaired) electrons. The van der Waals surface area contributed by atoms with Gasteiger partial charge in [-0.15, -0.1) is 0 Å². The average molecular weight is 399 g/mol. The molecule has 1 saturated heterocycles. The number of likely N-dealkylation sites (N-methyl/N-ethyl adjacent to an activating group) is 1. The highest BCUT2D eigenvalue weighted by atomic mass is 35.5. The van der Waals surface area contributed by atoms with E-state index in [4.69, 9.17) is 11.6 Å². The summed E-state index contributed by atoms with van der Waals surface area (Å²) in [5.41, 5.74) is 0.762. The number of quaternary nitrogens is 1. The highest BCUT2D eigenvalue weighted by Gasteiger charge is 2.30. The SMILES string of the molecule is C[NH+]1CCN(c2ccc(Cl)cc2NC(=O)c2ccc(C(F)(F)F)cc2)CC1. The third-order valence-electron chi connectivity index (χ3n) is 4.64. The molecule has 1 amide bonds. The van der Waals surface area contributed by atoms with Crippen LogP contribution < -0.4 is 15.1 Å². The van der Waals surface area contributed by atoms with Crippen LogP contribution in [0.2, 0.25) is 5.02 Å². The van der Waals surface area contributed by atoms with Gasteiger partial charge in [-0.3, -0.25) is 4.79 Å². The van der Waals surface area contributed by atoms with Crippen LogP contribution in [-0.4, -0.2) is 39.1 Å². The molecule has 0 saturated carbocycles. The molecule has 1 aliphatic rings. The molecule has 0 aromatic heterocycles. The number of halogens is 4. The fourth-order valence-electron chi connectivity index (χ4n) is 3.02. The number of anilines is 2. The van der Waals surface area contributed by atoms with Gasteiger partial charge in [0.05, 0.1) is 50.2 Å². The molecule has 144 valence electrons. The molecule has 1 heterocycles. The Morgan fingerprint density at radius 1 is 1.11 bits per heavy atom. The molecule has 2 aromatic carbocycles. The van der Waals surface area contributed by atoms with Crippen LogP contribution in [-0.2, 0) is 6.18 Å². The molecule has 3 rings (SSSR count). The van der Waals surface area contributed by atoms with Crippen LogP contribution in [0.5, 0.6) is 0 Å². The van der Waals surface area contributed by atoms with Crippen LogP contribution in [0.1, 0.15) is 15.9 Å². The number of hydrogen-bond acceptors (Lipinski definition) is 2. The van der Waals surface area contributed by atoms with Crippen molar-refractivity contribution in [2.45, 2.75) is 6.18 Å². The second-order valence-corrected chi connectivity index (χ2v) is 7.07. The second kappa shape index (κ2) is 7.78. The van der Waals surface area contributed by atoms with Crippen molar-refractivity contribution in [2.75, 3.05) is 43.4 Å². The lowest BCUT2D eigenvalue weighted by molar-refractivity contribution is -0.880.